The minimum absolute atomic E-state index is 0.0938. The Morgan fingerprint density at radius 3 is 2.61 bits per heavy atom. The van der Waals surface area contributed by atoms with E-state index in [0.29, 0.717) is 27.3 Å². The van der Waals surface area contributed by atoms with Crippen molar-refractivity contribution in [3.63, 3.8) is 0 Å². The van der Waals surface area contributed by atoms with Crippen LogP contribution < -0.4 is 15.4 Å². The van der Waals surface area contributed by atoms with Crippen molar-refractivity contribution in [2.75, 3.05) is 18.2 Å². The second-order valence-electron chi connectivity index (χ2n) is 5.58. The minimum Gasteiger partial charge on any atom is -0.496 e. The standard InChI is InChI=1S/C19H18N4O3S2/c1-26-15-10-6-5-9-14(15)17(25)21-18-22-23-19(28-18)27-12-16(24)20-11-13-7-3-2-4-8-13/h2-10H,11-12H2,1H3,(H,20,24)(H,21,22,25). The highest BCUT2D eigenvalue weighted by molar-refractivity contribution is 8.01. The average molecular weight is 415 g/mol. The van der Waals surface area contributed by atoms with Gasteiger partial charge in [-0.15, -0.1) is 10.2 Å². The van der Waals surface area contributed by atoms with Gasteiger partial charge in [-0.25, -0.2) is 0 Å². The van der Waals surface area contributed by atoms with Gasteiger partial charge in [0.15, 0.2) is 4.34 Å². The van der Waals surface area contributed by atoms with Gasteiger partial charge in [-0.2, -0.15) is 0 Å². The van der Waals surface area contributed by atoms with Gasteiger partial charge in [-0.1, -0.05) is 65.6 Å². The molecule has 2 amide bonds. The van der Waals surface area contributed by atoms with Crippen LogP contribution in [0.1, 0.15) is 15.9 Å². The number of carbonyl (C=O) groups excluding carboxylic acids is 2. The summed E-state index contributed by atoms with van der Waals surface area (Å²) in [5.41, 5.74) is 1.45. The molecule has 3 aromatic rings. The number of anilines is 1. The molecule has 9 heteroatoms. The summed E-state index contributed by atoms with van der Waals surface area (Å²) in [6.07, 6.45) is 0. The molecule has 1 heterocycles. The molecular formula is C19H18N4O3S2. The monoisotopic (exact) mass is 414 g/mol. The number of amides is 2. The number of rotatable bonds is 8. The molecule has 1 aromatic heterocycles. The van der Waals surface area contributed by atoms with Gasteiger partial charge >= 0.3 is 0 Å². The summed E-state index contributed by atoms with van der Waals surface area (Å²) in [6, 6.07) is 16.6. The van der Waals surface area contributed by atoms with Crippen LogP contribution in [0, 0.1) is 0 Å². The van der Waals surface area contributed by atoms with E-state index in [0.717, 1.165) is 5.56 Å². The predicted molar refractivity (Wildman–Crippen MR) is 110 cm³/mol. The molecule has 0 aliphatic heterocycles. The normalized spacial score (nSPS) is 10.3. The molecule has 0 saturated heterocycles. The van der Waals surface area contributed by atoms with Crippen LogP contribution in [0.2, 0.25) is 0 Å². The summed E-state index contributed by atoms with van der Waals surface area (Å²) in [5, 5.41) is 13.9. The number of para-hydroxylation sites is 1. The fourth-order valence-electron chi connectivity index (χ4n) is 2.29. The number of thioether (sulfide) groups is 1. The third-order valence-corrected chi connectivity index (χ3v) is 5.61. The molecule has 0 aliphatic rings. The molecule has 144 valence electrons. The maximum Gasteiger partial charge on any atom is 0.261 e. The van der Waals surface area contributed by atoms with E-state index >= 15 is 0 Å². The second kappa shape index (κ2) is 9.86. The Balaban J connectivity index is 1.48. The number of hydrogen-bond donors (Lipinski definition) is 2. The van der Waals surface area contributed by atoms with E-state index in [9.17, 15) is 9.59 Å². The van der Waals surface area contributed by atoms with Crippen molar-refractivity contribution in [3.05, 3.63) is 65.7 Å². The number of ether oxygens (including phenoxy) is 1. The second-order valence-corrected chi connectivity index (χ2v) is 7.78. The van der Waals surface area contributed by atoms with Crippen molar-refractivity contribution < 1.29 is 14.3 Å². The summed E-state index contributed by atoms with van der Waals surface area (Å²) < 4.78 is 5.79. The lowest BCUT2D eigenvalue weighted by molar-refractivity contribution is -0.118. The maximum absolute atomic E-state index is 12.4. The van der Waals surface area contributed by atoms with Crippen LogP contribution in [-0.2, 0) is 11.3 Å². The van der Waals surface area contributed by atoms with Crippen molar-refractivity contribution in [2.24, 2.45) is 0 Å². The van der Waals surface area contributed by atoms with Crippen LogP contribution >= 0.6 is 23.1 Å². The van der Waals surface area contributed by atoms with Crippen LogP contribution in [0.15, 0.2) is 58.9 Å². The molecule has 0 unspecified atom stereocenters. The molecule has 7 nitrogen and oxygen atoms in total. The summed E-state index contributed by atoms with van der Waals surface area (Å²) in [6.45, 7) is 0.483. The van der Waals surface area contributed by atoms with E-state index in [2.05, 4.69) is 20.8 Å². The molecule has 0 aliphatic carbocycles. The fourth-order valence-corrected chi connectivity index (χ4v) is 3.87. The van der Waals surface area contributed by atoms with Crippen molar-refractivity contribution in [1.82, 2.24) is 15.5 Å². The molecular weight excluding hydrogens is 396 g/mol. The van der Waals surface area contributed by atoms with Crippen LogP contribution in [0.4, 0.5) is 5.13 Å². The first-order chi connectivity index (χ1) is 13.7. The summed E-state index contributed by atoms with van der Waals surface area (Å²) >= 11 is 2.49. The highest BCUT2D eigenvalue weighted by Crippen LogP contribution is 2.26. The van der Waals surface area contributed by atoms with E-state index in [1.54, 1.807) is 24.3 Å². The first kappa shape index (κ1) is 19.8. The third-order valence-electron chi connectivity index (χ3n) is 3.64. The predicted octanol–water partition coefficient (Wildman–Crippen LogP) is 3.21. The average Bonchev–Trinajstić information content (AvgIpc) is 3.18. The Hall–Kier alpha value is -2.91. The Labute approximate surface area is 170 Å². The Morgan fingerprint density at radius 2 is 1.82 bits per heavy atom. The molecule has 0 bridgehead atoms. The van der Waals surface area contributed by atoms with Crippen LogP contribution in [-0.4, -0.2) is 34.9 Å². The number of nitrogens with zero attached hydrogens (tertiary/aromatic N) is 2. The molecule has 0 fully saturated rings. The highest BCUT2D eigenvalue weighted by Gasteiger charge is 2.15. The molecule has 2 aromatic carbocycles. The van der Waals surface area contributed by atoms with E-state index in [1.165, 1.54) is 30.2 Å². The van der Waals surface area contributed by atoms with Crippen molar-refractivity contribution in [3.8, 4) is 5.75 Å². The van der Waals surface area contributed by atoms with E-state index in [-0.39, 0.29) is 17.6 Å². The fraction of sp³-hybridized carbons (Fsp3) is 0.158. The van der Waals surface area contributed by atoms with Gasteiger partial charge in [0.25, 0.3) is 5.91 Å². The van der Waals surface area contributed by atoms with E-state index in [4.69, 9.17) is 4.74 Å². The number of carbonyl (C=O) groups is 2. The lowest BCUT2D eigenvalue weighted by Gasteiger charge is -2.06. The first-order valence-electron chi connectivity index (χ1n) is 8.37. The van der Waals surface area contributed by atoms with Crippen molar-refractivity contribution in [1.29, 1.82) is 0 Å². The Bertz CT molecular complexity index is 947. The van der Waals surface area contributed by atoms with Gasteiger partial charge in [-0.3, -0.25) is 14.9 Å². The van der Waals surface area contributed by atoms with Crippen LogP contribution in [0.25, 0.3) is 0 Å². The van der Waals surface area contributed by atoms with Gasteiger partial charge in [0.1, 0.15) is 5.75 Å². The summed E-state index contributed by atoms with van der Waals surface area (Å²) in [4.78, 5) is 24.3. The number of nitrogens with one attached hydrogen (secondary N) is 2. The topological polar surface area (TPSA) is 93.2 Å². The summed E-state index contributed by atoms with van der Waals surface area (Å²) in [7, 11) is 1.51. The third kappa shape index (κ3) is 5.54. The largest absolute Gasteiger partial charge is 0.496 e. The Morgan fingerprint density at radius 1 is 1.07 bits per heavy atom. The number of benzene rings is 2. The van der Waals surface area contributed by atoms with Crippen molar-refractivity contribution >= 4 is 40.0 Å². The smallest absolute Gasteiger partial charge is 0.261 e. The summed E-state index contributed by atoms with van der Waals surface area (Å²) in [5.74, 6) is 0.283. The SMILES string of the molecule is COc1ccccc1C(=O)Nc1nnc(SCC(=O)NCc2ccccc2)s1. The molecule has 0 saturated carbocycles. The quantitative estimate of drug-likeness (QED) is 0.434. The number of aromatic nitrogens is 2. The molecule has 3 rings (SSSR count). The van der Waals surface area contributed by atoms with Crippen LogP contribution in [0.5, 0.6) is 5.75 Å². The lowest BCUT2D eigenvalue weighted by atomic mass is 10.2. The minimum atomic E-state index is -0.328. The highest BCUT2D eigenvalue weighted by atomic mass is 32.2. The molecule has 2 N–H and O–H groups in total. The molecule has 0 atom stereocenters. The molecule has 0 radical (unpaired) electrons. The van der Waals surface area contributed by atoms with Gasteiger partial charge in [0.2, 0.25) is 11.0 Å². The maximum atomic E-state index is 12.4. The van der Waals surface area contributed by atoms with Gasteiger partial charge in [0.05, 0.1) is 18.4 Å². The lowest BCUT2D eigenvalue weighted by Crippen LogP contribution is -2.24. The number of hydrogen-bond acceptors (Lipinski definition) is 7. The molecule has 28 heavy (non-hydrogen) atoms. The number of methoxy groups -OCH3 is 1. The zero-order valence-electron chi connectivity index (χ0n) is 15.0. The van der Waals surface area contributed by atoms with Gasteiger partial charge in [-0.05, 0) is 17.7 Å². The van der Waals surface area contributed by atoms with Gasteiger partial charge < -0.3 is 10.1 Å². The molecule has 0 spiro atoms. The van der Waals surface area contributed by atoms with Crippen molar-refractivity contribution in [2.45, 2.75) is 10.9 Å². The van der Waals surface area contributed by atoms with Gasteiger partial charge in [0, 0.05) is 6.54 Å². The van der Waals surface area contributed by atoms with Crippen LogP contribution in [0.3, 0.4) is 0 Å². The first-order valence-corrected chi connectivity index (χ1v) is 10.2. The Kier molecular flexibility index (Phi) is 6.99. The zero-order valence-corrected chi connectivity index (χ0v) is 16.7. The zero-order chi connectivity index (χ0) is 19.8. The van der Waals surface area contributed by atoms with E-state index in [1.807, 2.05) is 30.3 Å². The van der Waals surface area contributed by atoms with E-state index < -0.39 is 0 Å².